The lowest BCUT2D eigenvalue weighted by Gasteiger charge is -2.04. The van der Waals surface area contributed by atoms with E-state index >= 15 is 0 Å². The van der Waals surface area contributed by atoms with E-state index in [1.165, 1.54) is 5.56 Å². The molecule has 4 nitrogen and oxygen atoms in total. The molecule has 2 aromatic carbocycles. The lowest BCUT2D eigenvalue weighted by Crippen LogP contribution is -2.04. The largest absolute Gasteiger partial charge is 0.197 e. The van der Waals surface area contributed by atoms with E-state index in [1.807, 2.05) is 36.4 Å². The lowest BCUT2D eigenvalue weighted by molar-refractivity contribution is 0.752. The highest BCUT2D eigenvalue weighted by molar-refractivity contribution is 5.30. The van der Waals surface area contributed by atoms with Crippen LogP contribution in [0.3, 0.4) is 0 Å². The first-order valence-corrected chi connectivity index (χ1v) is 6.30. The van der Waals surface area contributed by atoms with Crippen LogP contribution in [0.15, 0.2) is 60.7 Å². The van der Waals surface area contributed by atoms with Gasteiger partial charge in [-0.1, -0.05) is 48.5 Å². The first kappa shape index (κ1) is 11.6. The van der Waals surface area contributed by atoms with Crippen LogP contribution in [0.4, 0.5) is 0 Å². The maximum Gasteiger partial charge on any atom is 0.157 e. The van der Waals surface area contributed by atoms with E-state index in [9.17, 15) is 0 Å². The number of benzene rings is 2. The minimum absolute atomic E-state index is 0.825. The number of para-hydroxylation sites is 1. The third kappa shape index (κ3) is 2.68. The number of tetrazole rings is 1. The van der Waals surface area contributed by atoms with Crippen LogP contribution in [-0.4, -0.2) is 20.2 Å². The van der Waals surface area contributed by atoms with Gasteiger partial charge in [-0.2, -0.15) is 4.68 Å². The predicted octanol–water partition coefficient (Wildman–Crippen LogP) is 2.45. The van der Waals surface area contributed by atoms with Crippen LogP contribution in [0.1, 0.15) is 11.4 Å². The highest BCUT2D eigenvalue weighted by Gasteiger charge is 2.07. The molecule has 1 aromatic heterocycles. The molecule has 0 spiro atoms. The van der Waals surface area contributed by atoms with Gasteiger partial charge in [0, 0.05) is 6.42 Å². The molecule has 1 heterocycles. The molecule has 0 saturated heterocycles. The average molecular weight is 250 g/mol. The second-order valence-corrected chi connectivity index (χ2v) is 4.33. The molecule has 0 aliphatic rings. The van der Waals surface area contributed by atoms with Gasteiger partial charge in [-0.05, 0) is 34.5 Å². The van der Waals surface area contributed by atoms with Crippen molar-refractivity contribution in [2.45, 2.75) is 12.8 Å². The molecular weight excluding hydrogens is 236 g/mol. The van der Waals surface area contributed by atoms with Crippen molar-refractivity contribution < 1.29 is 0 Å². The van der Waals surface area contributed by atoms with Crippen molar-refractivity contribution in [2.24, 2.45) is 0 Å². The maximum absolute atomic E-state index is 4.11. The van der Waals surface area contributed by atoms with Crippen molar-refractivity contribution in [2.75, 3.05) is 0 Å². The number of hydrogen-bond donors (Lipinski definition) is 0. The number of nitrogens with zero attached hydrogens (tertiary/aromatic N) is 4. The molecule has 0 aliphatic heterocycles. The summed E-state index contributed by atoms with van der Waals surface area (Å²) in [6, 6.07) is 20.3. The van der Waals surface area contributed by atoms with Gasteiger partial charge in [0.05, 0.1) is 5.69 Å². The normalized spacial score (nSPS) is 10.5. The highest BCUT2D eigenvalue weighted by Crippen LogP contribution is 2.09. The van der Waals surface area contributed by atoms with Gasteiger partial charge in [-0.25, -0.2) is 0 Å². The zero-order chi connectivity index (χ0) is 12.9. The van der Waals surface area contributed by atoms with Crippen LogP contribution < -0.4 is 0 Å². The minimum Gasteiger partial charge on any atom is -0.197 e. The molecule has 94 valence electrons. The molecule has 0 saturated carbocycles. The van der Waals surface area contributed by atoms with Crippen LogP contribution in [0.25, 0.3) is 5.69 Å². The quantitative estimate of drug-likeness (QED) is 0.714. The Morgan fingerprint density at radius 2 is 1.47 bits per heavy atom. The second-order valence-electron chi connectivity index (χ2n) is 4.33. The van der Waals surface area contributed by atoms with Crippen LogP contribution in [-0.2, 0) is 12.8 Å². The topological polar surface area (TPSA) is 43.6 Å². The first-order valence-electron chi connectivity index (χ1n) is 6.30. The molecule has 19 heavy (non-hydrogen) atoms. The molecule has 0 radical (unpaired) electrons. The monoisotopic (exact) mass is 250 g/mol. The smallest absolute Gasteiger partial charge is 0.157 e. The molecule has 0 aliphatic carbocycles. The Hall–Kier alpha value is -2.49. The van der Waals surface area contributed by atoms with E-state index < -0.39 is 0 Å². The zero-order valence-electron chi connectivity index (χ0n) is 10.5. The molecular formula is C15H14N4. The van der Waals surface area contributed by atoms with Gasteiger partial charge in [0.15, 0.2) is 5.82 Å². The molecule has 0 unspecified atom stereocenters. The summed E-state index contributed by atoms with van der Waals surface area (Å²) in [5.74, 6) is 0.884. The van der Waals surface area contributed by atoms with Crippen molar-refractivity contribution in [3.63, 3.8) is 0 Å². The third-order valence-electron chi connectivity index (χ3n) is 3.01. The van der Waals surface area contributed by atoms with Crippen molar-refractivity contribution in [1.29, 1.82) is 0 Å². The van der Waals surface area contributed by atoms with E-state index in [2.05, 4.69) is 39.8 Å². The summed E-state index contributed by atoms with van der Waals surface area (Å²) < 4.78 is 1.79. The van der Waals surface area contributed by atoms with E-state index in [0.717, 1.165) is 24.4 Å². The Bertz CT molecular complexity index is 632. The molecule has 0 bridgehead atoms. The molecule has 4 heteroatoms. The Labute approximate surface area is 111 Å². The Balaban J connectivity index is 1.78. The van der Waals surface area contributed by atoms with E-state index in [4.69, 9.17) is 0 Å². The van der Waals surface area contributed by atoms with Gasteiger partial charge in [0.1, 0.15) is 0 Å². The first-order chi connectivity index (χ1) is 9.43. The zero-order valence-corrected chi connectivity index (χ0v) is 10.5. The molecule has 3 rings (SSSR count). The van der Waals surface area contributed by atoms with Gasteiger partial charge in [-0.3, -0.25) is 0 Å². The van der Waals surface area contributed by atoms with E-state index in [0.29, 0.717) is 0 Å². The van der Waals surface area contributed by atoms with Gasteiger partial charge < -0.3 is 0 Å². The third-order valence-corrected chi connectivity index (χ3v) is 3.01. The fourth-order valence-corrected chi connectivity index (χ4v) is 2.03. The lowest BCUT2D eigenvalue weighted by atomic mass is 10.1. The molecule has 3 aromatic rings. The Morgan fingerprint density at radius 3 is 2.21 bits per heavy atom. The van der Waals surface area contributed by atoms with Crippen molar-refractivity contribution in [3.05, 3.63) is 72.1 Å². The average Bonchev–Trinajstić information content (AvgIpc) is 2.95. The maximum atomic E-state index is 4.11. The molecule has 0 atom stereocenters. The molecule has 0 fully saturated rings. The summed E-state index contributed by atoms with van der Waals surface area (Å²) in [7, 11) is 0. The van der Waals surface area contributed by atoms with Crippen LogP contribution >= 0.6 is 0 Å². The van der Waals surface area contributed by atoms with Gasteiger partial charge in [0.2, 0.25) is 0 Å². The van der Waals surface area contributed by atoms with Crippen molar-refractivity contribution in [3.8, 4) is 5.69 Å². The van der Waals surface area contributed by atoms with E-state index in [1.54, 1.807) is 4.68 Å². The predicted molar refractivity (Wildman–Crippen MR) is 73.0 cm³/mol. The van der Waals surface area contributed by atoms with Gasteiger partial charge in [0.25, 0.3) is 0 Å². The minimum atomic E-state index is 0.825. The summed E-state index contributed by atoms with van der Waals surface area (Å²) in [4.78, 5) is 0. The second kappa shape index (κ2) is 5.44. The van der Waals surface area contributed by atoms with Gasteiger partial charge >= 0.3 is 0 Å². The van der Waals surface area contributed by atoms with E-state index in [-0.39, 0.29) is 0 Å². The molecule has 0 N–H and O–H groups in total. The summed E-state index contributed by atoms with van der Waals surface area (Å²) in [6.45, 7) is 0. The Morgan fingerprint density at radius 1 is 0.789 bits per heavy atom. The summed E-state index contributed by atoms with van der Waals surface area (Å²) in [5, 5.41) is 11.9. The number of aryl methyl sites for hydroxylation is 2. The standard InChI is InChI=1S/C15H14N4/c1-3-7-13(8-4-1)11-12-15-16-17-18-19(15)14-9-5-2-6-10-14/h1-10H,11-12H2. The summed E-state index contributed by atoms with van der Waals surface area (Å²) in [6.07, 6.45) is 1.76. The number of hydrogen-bond acceptors (Lipinski definition) is 3. The van der Waals surface area contributed by atoms with Crippen LogP contribution in [0.5, 0.6) is 0 Å². The van der Waals surface area contributed by atoms with Crippen molar-refractivity contribution >= 4 is 0 Å². The fourth-order valence-electron chi connectivity index (χ4n) is 2.03. The Kier molecular flexibility index (Phi) is 3.32. The van der Waals surface area contributed by atoms with Crippen LogP contribution in [0, 0.1) is 0 Å². The number of aromatic nitrogens is 4. The SMILES string of the molecule is c1ccc(CCc2nnnn2-c2ccccc2)cc1. The summed E-state index contributed by atoms with van der Waals surface area (Å²) >= 11 is 0. The molecule has 0 amide bonds. The summed E-state index contributed by atoms with van der Waals surface area (Å²) in [5.41, 5.74) is 2.29. The van der Waals surface area contributed by atoms with Crippen molar-refractivity contribution in [1.82, 2.24) is 20.2 Å². The fraction of sp³-hybridized carbons (Fsp3) is 0.133. The highest BCUT2D eigenvalue weighted by atomic mass is 15.5. The number of rotatable bonds is 4. The van der Waals surface area contributed by atoms with Gasteiger partial charge in [-0.15, -0.1) is 5.10 Å². The van der Waals surface area contributed by atoms with Crippen LogP contribution in [0.2, 0.25) is 0 Å².